The number of fused-ring (bicyclic) bond motifs is 2. The van der Waals surface area contributed by atoms with Gasteiger partial charge in [-0.2, -0.15) is 5.10 Å². The minimum Gasteiger partial charge on any atom is -0.491 e. The highest BCUT2D eigenvalue weighted by Crippen LogP contribution is 2.29. The summed E-state index contributed by atoms with van der Waals surface area (Å²) in [5, 5.41) is 6.65. The molecule has 2 aromatic rings. The first-order valence-corrected chi connectivity index (χ1v) is 8.77. The molecule has 0 saturated heterocycles. The third-order valence-electron chi connectivity index (χ3n) is 4.57. The number of para-hydroxylation sites is 2. The lowest BCUT2D eigenvalue weighted by atomic mass is 9.94. The Kier molecular flexibility index (Phi) is 5.18. The van der Waals surface area contributed by atoms with Crippen LogP contribution < -0.4 is 15.4 Å². The number of primary amides is 1. The predicted octanol–water partition coefficient (Wildman–Crippen LogP) is 1.79. The number of anilines is 1. The Balaban J connectivity index is 0.000000156. The molecule has 3 N–H and O–H groups in total. The zero-order valence-corrected chi connectivity index (χ0v) is 15.7. The summed E-state index contributed by atoms with van der Waals surface area (Å²) in [6.07, 6.45) is 1.11. The van der Waals surface area contributed by atoms with Crippen LogP contribution in [-0.4, -0.2) is 41.3 Å². The number of ether oxygens (including phenoxy) is 2. The Morgan fingerprint density at radius 2 is 2.07 bits per heavy atom. The van der Waals surface area contributed by atoms with Crippen LogP contribution in [0.5, 0.6) is 5.75 Å². The fraction of sp³-hybridized carbons (Fsp3) is 0.421. The maximum Gasteiger partial charge on any atom is 0.269 e. The summed E-state index contributed by atoms with van der Waals surface area (Å²) >= 11 is 0. The largest absolute Gasteiger partial charge is 0.491 e. The van der Waals surface area contributed by atoms with Gasteiger partial charge in [0.05, 0.1) is 36.6 Å². The van der Waals surface area contributed by atoms with Gasteiger partial charge in [-0.15, -0.1) is 0 Å². The number of aromatic amines is 1. The summed E-state index contributed by atoms with van der Waals surface area (Å²) in [4.78, 5) is 24.1. The van der Waals surface area contributed by atoms with Gasteiger partial charge >= 0.3 is 0 Å². The zero-order valence-electron chi connectivity index (χ0n) is 15.7. The summed E-state index contributed by atoms with van der Waals surface area (Å²) in [7, 11) is 1.77. The van der Waals surface area contributed by atoms with E-state index in [0.717, 1.165) is 22.7 Å². The molecule has 2 aliphatic heterocycles. The van der Waals surface area contributed by atoms with E-state index in [4.69, 9.17) is 15.2 Å². The van der Waals surface area contributed by atoms with Crippen LogP contribution in [0, 0.1) is 0 Å². The average Bonchev–Trinajstić information content (AvgIpc) is 2.97. The topological polar surface area (TPSA) is 111 Å². The van der Waals surface area contributed by atoms with E-state index in [1.165, 1.54) is 0 Å². The number of carbonyl (C=O) groups excluding carboxylic acids is 2. The highest BCUT2D eigenvalue weighted by atomic mass is 16.5. The van der Waals surface area contributed by atoms with Crippen LogP contribution >= 0.6 is 0 Å². The second-order valence-corrected chi connectivity index (χ2v) is 7.14. The quantitative estimate of drug-likeness (QED) is 0.793. The van der Waals surface area contributed by atoms with Crippen molar-refractivity contribution < 1.29 is 19.1 Å². The van der Waals surface area contributed by atoms with Gasteiger partial charge in [0.25, 0.3) is 5.91 Å². The van der Waals surface area contributed by atoms with E-state index in [1.54, 1.807) is 11.9 Å². The van der Waals surface area contributed by atoms with Gasteiger partial charge in [0, 0.05) is 19.0 Å². The van der Waals surface area contributed by atoms with E-state index in [-0.39, 0.29) is 11.5 Å². The Hall–Kier alpha value is -2.87. The molecule has 0 saturated carbocycles. The molecule has 8 nitrogen and oxygen atoms in total. The van der Waals surface area contributed by atoms with Crippen LogP contribution in [0.25, 0.3) is 0 Å². The molecule has 4 rings (SSSR count). The first-order chi connectivity index (χ1) is 12.8. The minimum absolute atomic E-state index is 0.102. The molecule has 3 heterocycles. The number of rotatable bonds is 1. The van der Waals surface area contributed by atoms with Crippen molar-refractivity contribution in [2.24, 2.45) is 5.73 Å². The van der Waals surface area contributed by atoms with Crippen molar-refractivity contribution in [3.8, 4) is 5.75 Å². The summed E-state index contributed by atoms with van der Waals surface area (Å²) in [5.41, 5.74) is 7.91. The number of aromatic nitrogens is 2. The summed E-state index contributed by atoms with van der Waals surface area (Å²) in [6.45, 7) is 4.89. The molecule has 0 spiro atoms. The van der Waals surface area contributed by atoms with Crippen molar-refractivity contribution >= 4 is 17.5 Å². The van der Waals surface area contributed by atoms with Crippen LogP contribution in [0.4, 0.5) is 5.69 Å². The van der Waals surface area contributed by atoms with Gasteiger partial charge in [-0.05, 0) is 26.0 Å². The monoisotopic (exact) mass is 372 g/mol. The third-order valence-corrected chi connectivity index (χ3v) is 4.57. The lowest BCUT2D eigenvalue weighted by Gasteiger charge is -2.29. The van der Waals surface area contributed by atoms with Gasteiger partial charge in [-0.3, -0.25) is 14.7 Å². The second-order valence-electron chi connectivity index (χ2n) is 7.14. The van der Waals surface area contributed by atoms with E-state index < -0.39 is 5.91 Å². The molecule has 2 aliphatic rings. The third kappa shape index (κ3) is 4.11. The normalized spacial score (nSPS) is 17.6. The number of nitrogens with two attached hydrogens (primary N) is 1. The number of hydrogen-bond acceptors (Lipinski definition) is 5. The molecule has 0 radical (unpaired) electrons. The Labute approximate surface area is 157 Å². The molecular weight excluding hydrogens is 348 g/mol. The van der Waals surface area contributed by atoms with Crippen LogP contribution in [0.15, 0.2) is 24.3 Å². The molecule has 0 bridgehead atoms. The number of benzene rings is 1. The molecule has 1 aromatic carbocycles. The number of H-pyrrole nitrogens is 1. The summed E-state index contributed by atoms with van der Waals surface area (Å²) in [6, 6.07) is 7.57. The Bertz CT molecular complexity index is 859. The number of nitrogens with zero attached hydrogens (tertiary/aromatic N) is 2. The van der Waals surface area contributed by atoms with Gasteiger partial charge in [0.2, 0.25) is 5.91 Å². The standard InChI is InChI=1S/C10H11NO2.C9H13N3O2/c1-11-8-4-2-3-5-9(8)13-7-6-10(11)12;1-9(2)3-5-6(4-14-9)11-12-7(5)8(10)13/h2-5H,6-7H2,1H3;3-4H2,1-2H3,(H2,10,13)(H,11,12). The van der Waals surface area contributed by atoms with Gasteiger partial charge in [-0.1, -0.05) is 12.1 Å². The molecule has 2 amide bonds. The minimum atomic E-state index is -0.486. The van der Waals surface area contributed by atoms with Crippen molar-refractivity contribution in [2.75, 3.05) is 18.6 Å². The van der Waals surface area contributed by atoms with Gasteiger partial charge in [0.15, 0.2) is 5.69 Å². The van der Waals surface area contributed by atoms with E-state index in [1.807, 2.05) is 38.1 Å². The van der Waals surface area contributed by atoms with Crippen molar-refractivity contribution in [1.29, 1.82) is 0 Å². The van der Waals surface area contributed by atoms with Crippen LogP contribution in [0.3, 0.4) is 0 Å². The maximum absolute atomic E-state index is 11.4. The molecule has 0 unspecified atom stereocenters. The molecular formula is C19H24N4O4. The second kappa shape index (κ2) is 7.40. The average molecular weight is 372 g/mol. The van der Waals surface area contributed by atoms with Crippen molar-refractivity contribution in [3.63, 3.8) is 0 Å². The zero-order chi connectivity index (χ0) is 19.6. The number of hydrogen-bond donors (Lipinski definition) is 2. The molecule has 8 heteroatoms. The number of nitrogens with one attached hydrogen (secondary N) is 1. The van der Waals surface area contributed by atoms with E-state index in [2.05, 4.69) is 10.2 Å². The highest BCUT2D eigenvalue weighted by Gasteiger charge is 2.31. The molecule has 0 fully saturated rings. The molecule has 0 aliphatic carbocycles. The molecule has 144 valence electrons. The Morgan fingerprint density at radius 1 is 1.33 bits per heavy atom. The van der Waals surface area contributed by atoms with Crippen molar-refractivity contribution in [1.82, 2.24) is 10.2 Å². The lowest BCUT2D eigenvalue weighted by molar-refractivity contribution is -0.118. The fourth-order valence-electron chi connectivity index (χ4n) is 3.07. The van der Waals surface area contributed by atoms with E-state index in [0.29, 0.717) is 31.7 Å². The molecule has 1 aromatic heterocycles. The van der Waals surface area contributed by atoms with Crippen LogP contribution in [0.1, 0.15) is 42.0 Å². The first kappa shape index (κ1) is 18.9. The highest BCUT2D eigenvalue weighted by molar-refractivity contribution is 5.95. The van der Waals surface area contributed by atoms with E-state index >= 15 is 0 Å². The number of carbonyl (C=O) groups is 2. The summed E-state index contributed by atoms with van der Waals surface area (Å²) < 4.78 is 11.0. The first-order valence-electron chi connectivity index (χ1n) is 8.77. The van der Waals surface area contributed by atoms with Gasteiger partial charge in [0.1, 0.15) is 5.75 Å². The summed E-state index contributed by atoms with van der Waals surface area (Å²) in [5.74, 6) is 0.404. The maximum atomic E-state index is 11.4. The predicted molar refractivity (Wildman–Crippen MR) is 99.6 cm³/mol. The smallest absolute Gasteiger partial charge is 0.269 e. The van der Waals surface area contributed by atoms with Gasteiger partial charge in [-0.25, -0.2) is 0 Å². The van der Waals surface area contributed by atoms with Crippen molar-refractivity contribution in [3.05, 3.63) is 41.2 Å². The molecule has 0 atom stereocenters. The lowest BCUT2D eigenvalue weighted by Crippen LogP contribution is -2.32. The van der Waals surface area contributed by atoms with Crippen molar-refractivity contribution in [2.45, 2.75) is 38.9 Å². The molecule has 27 heavy (non-hydrogen) atoms. The van der Waals surface area contributed by atoms with Gasteiger partial charge < -0.3 is 20.1 Å². The van der Waals surface area contributed by atoms with Crippen LogP contribution in [-0.2, 0) is 22.6 Å². The van der Waals surface area contributed by atoms with Crippen LogP contribution in [0.2, 0.25) is 0 Å². The fourth-order valence-corrected chi connectivity index (χ4v) is 3.07. The van der Waals surface area contributed by atoms with E-state index in [9.17, 15) is 9.59 Å². The number of amides is 2. The SMILES string of the molecule is CC1(C)Cc2c(C(N)=O)n[nH]c2CO1.CN1C(=O)CCOc2ccccc21. The Morgan fingerprint density at radius 3 is 2.81 bits per heavy atom.